The number of fused-ring (bicyclic) bond motifs is 1. The van der Waals surface area contributed by atoms with Gasteiger partial charge in [-0.15, -0.1) is 0 Å². The maximum atomic E-state index is 12.7. The van der Waals surface area contributed by atoms with Crippen molar-refractivity contribution >= 4 is 28.7 Å². The first-order valence-electron chi connectivity index (χ1n) is 10.5. The van der Waals surface area contributed by atoms with Crippen LogP contribution in [0.1, 0.15) is 22.6 Å². The molecule has 4 N–H and O–H groups in total. The second-order valence-electron chi connectivity index (χ2n) is 7.67. The third kappa shape index (κ3) is 5.94. The molecule has 1 atom stereocenters. The topological polar surface area (TPSA) is 165 Å². The number of para-hydroxylation sites is 1. The number of ether oxygens (including phenoxy) is 1. The molecule has 0 aliphatic carbocycles. The molecule has 2 aromatic carbocycles. The van der Waals surface area contributed by atoms with E-state index >= 15 is 0 Å². The number of nitrogens with one attached hydrogen (secondary N) is 2. The highest BCUT2D eigenvalue weighted by atomic mass is 16.5. The first kappa shape index (κ1) is 24.8. The van der Waals surface area contributed by atoms with Crippen LogP contribution >= 0.6 is 0 Å². The molecule has 3 aromatic rings. The van der Waals surface area contributed by atoms with Crippen LogP contribution in [0.5, 0.6) is 17.2 Å². The number of carbonyl (C=O) groups excluding carboxylic acids is 2. The zero-order chi connectivity index (χ0) is 25.5. The average molecular weight is 477 g/mol. The van der Waals surface area contributed by atoms with E-state index in [1.54, 1.807) is 24.3 Å². The second kappa shape index (κ2) is 10.8. The van der Waals surface area contributed by atoms with Gasteiger partial charge in [0, 0.05) is 31.4 Å². The van der Waals surface area contributed by atoms with Crippen LogP contribution in [0.2, 0.25) is 0 Å². The van der Waals surface area contributed by atoms with Crippen LogP contribution in [0.25, 0.3) is 10.8 Å². The molecule has 0 unspecified atom stereocenters. The number of nitriles is 1. The Balaban J connectivity index is 1.78. The van der Waals surface area contributed by atoms with Gasteiger partial charge in [-0.25, -0.2) is 14.6 Å². The lowest BCUT2D eigenvalue weighted by molar-refractivity contribution is -0.139. The summed E-state index contributed by atoms with van der Waals surface area (Å²) in [6, 6.07) is 13.7. The number of carboxylic acids is 1. The number of carboxylic acid groups (broad SMARTS) is 1. The zero-order valence-electron chi connectivity index (χ0n) is 19.0. The zero-order valence-corrected chi connectivity index (χ0v) is 19.0. The van der Waals surface area contributed by atoms with Crippen molar-refractivity contribution in [3.8, 4) is 23.3 Å². The van der Waals surface area contributed by atoms with Crippen LogP contribution in [0.15, 0.2) is 48.5 Å². The fourth-order valence-corrected chi connectivity index (χ4v) is 3.16. The molecule has 11 nitrogen and oxygen atoms in total. The van der Waals surface area contributed by atoms with Gasteiger partial charge in [0.15, 0.2) is 11.4 Å². The van der Waals surface area contributed by atoms with Crippen molar-refractivity contribution in [2.75, 3.05) is 20.6 Å². The van der Waals surface area contributed by atoms with Gasteiger partial charge in [-0.3, -0.25) is 4.79 Å². The average Bonchev–Trinajstić information content (AvgIpc) is 2.84. The number of pyridine rings is 1. The molecule has 3 rings (SSSR count). The van der Waals surface area contributed by atoms with Gasteiger partial charge >= 0.3 is 12.0 Å². The highest BCUT2D eigenvalue weighted by molar-refractivity contribution is 6.03. The maximum Gasteiger partial charge on any atom is 0.326 e. The first-order valence-corrected chi connectivity index (χ1v) is 10.5. The van der Waals surface area contributed by atoms with Crippen molar-refractivity contribution in [3.05, 3.63) is 59.9 Å². The number of hydrogen-bond donors (Lipinski definition) is 4. The fourth-order valence-electron chi connectivity index (χ4n) is 3.16. The van der Waals surface area contributed by atoms with Crippen molar-refractivity contribution in [3.63, 3.8) is 0 Å². The van der Waals surface area contributed by atoms with E-state index in [1.165, 1.54) is 25.1 Å². The standard InChI is InChI=1S/C24H23N5O6/c1-29(2)24(34)28-18(23(32)33)10-11-26-22(31)20-21(30)16-9-8-15(12-17(16)19(13-25)27-20)35-14-6-4-3-5-7-14/h3-9,12,18,30H,10-11H2,1-2H3,(H,26,31)(H,28,34)(H,32,33)/t18-/m1/s1. The molecule has 0 radical (unpaired) electrons. The van der Waals surface area contributed by atoms with E-state index in [4.69, 9.17) is 4.74 Å². The van der Waals surface area contributed by atoms with Crippen molar-refractivity contribution in [2.24, 2.45) is 0 Å². The Kier molecular flexibility index (Phi) is 7.68. The lowest BCUT2D eigenvalue weighted by Crippen LogP contribution is -2.46. The van der Waals surface area contributed by atoms with Crippen LogP contribution in [-0.4, -0.2) is 64.7 Å². The third-order valence-corrected chi connectivity index (χ3v) is 4.97. The van der Waals surface area contributed by atoms with Gasteiger partial charge in [0.1, 0.15) is 29.3 Å². The van der Waals surface area contributed by atoms with Gasteiger partial charge < -0.3 is 30.5 Å². The summed E-state index contributed by atoms with van der Waals surface area (Å²) in [5.74, 6) is -1.49. The van der Waals surface area contributed by atoms with E-state index in [0.29, 0.717) is 16.9 Å². The van der Waals surface area contributed by atoms with Crippen LogP contribution in [0, 0.1) is 11.3 Å². The van der Waals surface area contributed by atoms with Crippen molar-refractivity contribution in [1.29, 1.82) is 5.26 Å². The summed E-state index contributed by atoms with van der Waals surface area (Å²) >= 11 is 0. The number of amides is 3. The number of benzene rings is 2. The fraction of sp³-hybridized carbons (Fsp3) is 0.208. The number of aliphatic carboxylic acids is 1. The van der Waals surface area contributed by atoms with Gasteiger partial charge in [0.2, 0.25) is 0 Å². The van der Waals surface area contributed by atoms with Gasteiger partial charge in [-0.2, -0.15) is 5.26 Å². The molecule has 3 amide bonds. The SMILES string of the molecule is CN(C)C(=O)N[C@H](CCNC(=O)c1nc(C#N)c2cc(Oc3ccccc3)ccc2c1O)C(=O)O. The largest absolute Gasteiger partial charge is 0.505 e. The van der Waals surface area contributed by atoms with Crippen LogP contribution in [0.3, 0.4) is 0 Å². The maximum absolute atomic E-state index is 12.7. The molecular formula is C24H23N5O6. The second-order valence-corrected chi connectivity index (χ2v) is 7.67. The molecule has 35 heavy (non-hydrogen) atoms. The summed E-state index contributed by atoms with van der Waals surface area (Å²) in [7, 11) is 2.93. The normalized spacial score (nSPS) is 11.2. The minimum atomic E-state index is -1.26. The van der Waals surface area contributed by atoms with Crippen molar-refractivity contribution in [2.45, 2.75) is 12.5 Å². The molecule has 0 bridgehead atoms. The monoisotopic (exact) mass is 477 g/mol. The molecule has 11 heteroatoms. The number of rotatable bonds is 8. The van der Waals surface area contributed by atoms with Gasteiger partial charge in [0.25, 0.3) is 5.91 Å². The van der Waals surface area contributed by atoms with E-state index in [-0.39, 0.29) is 29.7 Å². The molecule has 0 fully saturated rings. The van der Waals surface area contributed by atoms with Crippen LogP contribution < -0.4 is 15.4 Å². The highest BCUT2D eigenvalue weighted by Gasteiger charge is 2.23. The quantitative estimate of drug-likeness (QED) is 0.384. The number of urea groups is 1. The summed E-state index contributed by atoms with van der Waals surface area (Å²) in [4.78, 5) is 41.0. The molecule has 0 aliphatic rings. The van der Waals surface area contributed by atoms with Crippen molar-refractivity contribution < 1.29 is 29.3 Å². The lowest BCUT2D eigenvalue weighted by Gasteiger charge is -2.18. The minimum absolute atomic E-state index is 0.0943. The number of hydrogen-bond acceptors (Lipinski definition) is 7. The predicted molar refractivity (Wildman–Crippen MR) is 125 cm³/mol. The molecular weight excluding hydrogens is 454 g/mol. The summed E-state index contributed by atoms with van der Waals surface area (Å²) < 4.78 is 5.76. The van der Waals surface area contributed by atoms with Gasteiger partial charge in [-0.05, 0) is 36.8 Å². The van der Waals surface area contributed by atoms with E-state index in [0.717, 1.165) is 0 Å². The predicted octanol–water partition coefficient (Wildman–Crippen LogP) is 2.45. The van der Waals surface area contributed by atoms with E-state index in [2.05, 4.69) is 15.6 Å². The number of carbonyl (C=O) groups is 3. The summed E-state index contributed by atoms with van der Waals surface area (Å²) in [5.41, 5.74) is -0.474. The van der Waals surface area contributed by atoms with Gasteiger partial charge in [-0.1, -0.05) is 18.2 Å². The lowest BCUT2D eigenvalue weighted by atomic mass is 10.1. The van der Waals surface area contributed by atoms with E-state index in [1.807, 2.05) is 24.3 Å². The Morgan fingerprint density at radius 3 is 2.46 bits per heavy atom. The van der Waals surface area contributed by atoms with Gasteiger partial charge in [0.05, 0.1) is 0 Å². The molecule has 1 aromatic heterocycles. The molecule has 1 heterocycles. The number of aromatic nitrogens is 1. The smallest absolute Gasteiger partial charge is 0.326 e. The van der Waals surface area contributed by atoms with E-state index in [9.17, 15) is 29.9 Å². The molecule has 0 saturated heterocycles. The molecule has 0 spiro atoms. The first-order chi connectivity index (χ1) is 16.7. The highest BCUT2D eigenvalue weighted by Crippen LogP contribution is 2.33. The summed E-state index contributed by atoms with van der Waals surface area (Å²) in [5, 5.41) is 34.8. The number of nitrogens with zero attached hydrogens (tertiary/aromatic N) is 3. The minimum Gasteiger partial charge on any atom is -0.505 e. The Hall–Kier alpha value is -4.85. The summed E-state index contributed by atoms with van der Waals surface area (Å²) in [6.45, 7) is -0.131. The summed E-state index contributed by atoms with van der Waals surface area (Å²) in [6.07, 6.45) is -0.111. The number of aromatic hydroxyl groups is 1. The van der Waals surface area contributed by atoms with Crippen LogP contribution in [-0.2, 0) is 4.79 Å². The Morgan fingerprint density at radius 2 is 1.83 bits per heavy atom. The van der Waals surface area contributed by atoms with Crippen LogP contribution in [0.4, 0.5) is 4.79 Å². The Bertz CT molecular complexity index is 1300. The van der Waals surface area contributed by atoms with E-state index < -0.39 is 29.7 Å². The molecule has 0 saturated carbocycles. The van der Waals surface area contributed by atoms with Crippen molar-refractivity contribution in [1.82, 2.24) is 20.5 Å². The molecule has 180 valence electrons. The third-order valence-electron chi connectivity index (χ3n) is 4.97. The Labute approximate surface area is 200 Å². The molecule has 0 aliphatic heterocycles. The Morgan fingerprint density at radius 1 is 1.11 bits per heavy atom.